The number of benzene rings is 2. The predicted octanol–water partition coefficient (Wildman–Crippen LogP) is 4.32. The van der Waals surface area contributed by atoms with Gasteiger partial charge in [0.1, 0.15) is 0 Å². The maximum Gasteiger partial charge on any atom is 0.256 e. The van der Waals surface area contributed by atoms with Gasteiger partial charge < -0.3 is 15.6 Å². The summed E-state index contributed by atoms with van der Waals surface area (Å²) in [7, 11) is 0. The first-order valence-corrected chi connectivity index (χ1v) is 10.4. The second-order valence-electron chi connectivity index (χ2n) is 7.85. The number of aromatic nitrogens is 1. The maximum absolute atomic E-state index is 12.7. The third kappa shape index (κ3) is 3.43. The van der Waals surface area contributed by atoms with Crippen LogP contribution in [-0.2, 0) is 24.2 Å². The highest BCUT2D eigenvalue weighted by atomic mass is 16.2. The Morgan fingerprint density at radius 3 is 2.77 bits per heavy atom. The molecule has 5 nitrogen and oxygen atoms in total. The number of carbonyl (C=O) groups is 2. The molecule has 5 rings (SSSR count). The van der Waals surface area contributed by atoms with Crippen molar-refractivity contribution >= 4 is 29.2 Å². The molecule has 3 aromatic rings. The molecule has 1 aromatic heterocycles. The summed E-state index contributed by atoms with van der Waals surface area (Å²) in [6.07, 6.45) is 8.42. The third-order valence-electron chi connectivity index (χ3n) is 5.88. The molecule has 0 saturated carbocycles. The SMILES string of the molecule is O=C1Nc2ccc(C(=O)NCc3ccccc3)cc2C1=Cc1c[nH]c2c1CCCC2. The molecular weight excluding hydrogens is 374 g/mol. The Hall–Kier alpha value is -3.60. The van der Waals surface area contributed by atoms with Crippen LogP contribution >= 0.6 is 0 Å². The molecule has 0 atom stereocenters. The van der Waals surface area contributed by atoms with Crippen LogP contribution in [0.2, 0.25) is 0 Å². The van der Waals surface area contributed by atoms with Gasteiger partial charge in [-0.15, -0.1) is 0 Å². The number of hydrogen-bond acceptors (Lipinski definition) is 2. The number of amides is 2. The number of rotatable bonds is 4. The number of anilines is 1. The van der Waals surface area contributed by atoms with E-state index in [0.29, 0.717) is 17.7 Å². The highest BCUT2D eigenvalue weighted by Crippen LogP contribution is 2.35. The van der Waals surface area contributed by atoms with Gasteiger partial charge in [-0.1, -0.05) is 30.3 Å². The monoisotopic (exact) mass is 397 g/mol. The van der Waals surface area contributed by atoms with Crippen LogP contribution in [0.3, 0.4) is 0 Å². The predicted molar refractivity (Wildman–Crippen MR) is 118 cm³/mol. The molecule has 3 N–H and O–H groups in total. The molecule has 30 heavy (non-hydrogen) atoms. The summed E-state index contributed by atoms with van der Waals surface area (Å²) < 4.78 is 0. The van der Waals surface area contributed by atoms with Crippen LogP contribution in [0, 0.1) is 0 Å². The Morgan fingerprint density at radius 2 is 1.90 bits per heavy atom. The number of nitrogens with one attached hydrogen (secondary N) is 3. The topological polar surface area (TPSA) is 74.0 Å². The Labute approximate surface area is 175 Å². The van der Waals surface area contributed by atoms with Crippen LogP contribution in [0.25, 0.3) is 11.6 Å². The first-order valence-electron chi connectivity index (χ1n) is 10.4. The van der Waals surface area contributed by atoms with E-state index in [9.17, 15) is 9.59 Å². The van der Waals surface area contributed by atoms with E-state index < -0.39 is 0 Å². The van der Waals surface area contributed by atoms with Gasteiger partial charge in [0.25, 0.3) is 11.8 Å². The van der Waals surface area contributed by atoms with Gasteiger partial charge in [0.15, 0.2) is 0 Å². The molecule has 0 radical (unpaired) electrons. The maximum atomic E-state index is 12.7. The second kappa shape index (κ2) is 7.67. The fourth-order valence-corrected chi connectivity index (χ4v) is 4.27. The molecule has 0 spiro atoms. The number of fused-ring (bicyclic) bond motifs is 2. The van der Waals surface area contributed by atoms with Crippen molar-refractivity contribution in [3.8, 4) is 0 Å². The summed E-state index contributed by atoms with van der Waals surface area (Å²) in [5, 5.41) is 5.87. The number of hydrogen-bond donors (Lipinski definition) is 3. The highest BCUT2D eigenvalue weighted by molar-refractivity contribution is 6.35. The van der Waals surface area contributed by atoms with Gasteiger partial charge in [-0.3, -0.25) is 9.59 Å². The van der Waals surface area contributed by atoms with E-state index in [4.69, 9.17) is 0 Å². The number of aryl methyl sites for hydroxylation is 1. The average molecular weight is 397 g/mol. The lowest BCUT2D eigenvalue weighted by Gasteiger charge is -2.11. The summed E-state index contributed by atoms with van der Waals surface area (Å²) in [5.41, 5.74) is 7.38. The molecule has 0 unspecified atom stereocenters. The molecule has 0 fully saturated rings. The van der Waals surface area contributed by atoms with E-state index in [1.54, 1.807) is 18.2 Å². The van der Waals surface area contributed by atoms with Crippen molar-refractivity contribution in [1.82, 2.24) is 10.3 Å². The molecule has 150 valence electrons. The van der Waals surface area contributed by atoms with Crippen LogP contribution in [0.5, 0.6) is 0 Å². The van der Waals surface area contributed by atoms with E-state index in [-0.39, 0.29) is 11.8 Å². The van der Waals surface area contributed by atoms with Crippen molar-refractivity contribution < 1.29 is 9.59 Å². The Morgan fingerprint density at radius 1 is 1.07 bits per heavy atom. The van der Waals surface area contributed by atoms with Crippen LogP contribution in [0.1, 0.15) is 51.1 Å². The smallest absolute Gasteiger partial charge is 0.256 e. The molecule has 5 heteroatoms. The lowest BCUT2D eigenvalue weighted by atomic mass is 9.93. The zero-order valence-electron chi connectivity index (χ0n) is 16.6. The Balaban J connectivity index is 1.42. The number of H-pyrrole nitrogens is 1. The van der Waals surface area contributed by atoms with Crippen LogP contribution in [0.15, 0.2) is 54.7 Å². The normalized spacial score (nSPS) is 16.1. The van der Waals surface area contributed by atoms with Crippen molar-refractivity contribution in [2.24, 2.45) is 0 Å². The van der Waals surface area contributed by atoms with E-state index in [1.807, 2.05) is 42.6 Å². The number of carbonyl (C=O) groups excluding carboxylic acids is 2. The fourth-order valence-electron chi connectivity index (χ4n) is 4.27. The van der Waals surface area contributed by atoms with Crippen molar-refractivity contribution in [3.63, 3.8) is 0 Å². The third-order valence-corrected chi connectivity index (χ3v) is 5.88. The van der Waals surface area contributed by atoms with E-state index in [0.717, 1.165) is 35.2 Å². The van der Waals surface area contributed by atoms with Crippen LogP contribution in [-0.4, -0.2) is 16.8 Å². The summed E-state index contributed by atoms with van der Waals surface area (Å²) >= 11 is 0. The van der Waals surface area contributed by atoms with Gasteiger partial charge in [-0.2, -0.15) is 0 Å². The molecule has 0 bridgehead atoms. The molecule has 1 aliphatic heterocycles. The largest absolute Gasteiger partial charge is 0.364 e. The van der Waals surface area contributed by atoms with Crippen LogP contribution < -0.4 is 10.6 Å². The van der Waals surface area contributed by atoms with Gasteiger partial charge >= 0.3 is 0 Å². The average Bonchev–Trinajstić information content (AvgIpc) is 3.33. The molecule has 0 saturated heterocycles. The van der Waals surface area contributed by atoms with Gasteiger partial charge in [0.05, 0.1) is 0 Å². The van der Waals surface area contributed by atoms with Crippen molar-refractivity contribution in [1.29, 1.82) is 0 Å². The highest BCUT2D eigenvalue weighted by Gasteiger charge is 2.26. The molecule has 2 aromatic carbocycles. The summed E-state index contributed by atoms with van der Waals surface area (Å²) in [5.74, 6) is -0.281. The first kappa shape index (κ1) is 18.4. The lowest BCUT2D eigenvalue weighted by Crippen LogP contribution is -2.22. The molecule has 1 aliphatic carbocycles. The van der Waals surface area contributed by atoms with Gasteiger partial charge in [0.2, 0.25) is 0 Å². The lowest BCUT2D eigenvalue weighted by molar-refractivity contribution is -0.110. The summed E-state index contributed by atoms with van der Waals surface area (Å²) in [4.78, 5) is 28.7. The fraction of sp³-hybridized carbons (Fsp3) is 0.200. The minimum atomic E-state index is -0.153. The zero-order valence-corrected chi connectivity index (χ0v) is 16.6. The Bertz CT molecular complexity index is 1160. The van der Waals surface area contributed by atoms with Gasteiger partial charge in [-0.25, -0.2) is 0 Å². The van der Waals surface area contributed by atoms with Crippen molar-refractivity contribution in [3.05, 3.63) is 88.2 Å². The minimum Gasteiger partial charge on any atom is -0.364 e. The molecule has 2 aliphatic rings. The van der Waals surface area contributed by atoms with Crippen molar-refractivity contribution in [2.75, 3.05) is 5.32 Å². The molecule has 2 amide bonds. The summed E-state index contributed by atoms with van der Waals surface area (Å²) in [6.45, 7) is 0.464. The van der Waals surface area contributed by atoms with Gasteiger partial charge in [-0.05, 0) is 66.6 Å². The molecular formula is C25H23N3O2. The molecule has 2 heterocycles. The number of aromatic amines is 1. The van der Waals surface area contributed by atoms with E-state index >= 15 is 0 Å². The van der Waals surface area contributed by atoms with E-state index in [2.05, 4.69) is 15.6 Å². The minimum absolute atomic E-state index is 0.127. The van der Waals surface area contributed by atoms with E-state index in [1.165, 1.54) is 24.1 Å². The first-order chi connectivity index (χ1) is 14.7. The van der Waals surface area contributed by atoms with Crippen molar-refractivity contribution in [2.45, 2.75) is 32.2 Å². The van der Waals surface area contributed by atoms with Gasteiger partial charge in [0, 0.05) is 40.8 Å². The Kier molecular flexibility index (Phi) is 4.71. The standard InChI is InChI=1S/C25H23N3O2/c29-24(27-14-16-6-2-1-3-7-16)17-10-11-23-20(12-17)21(25(30)28-23)13-18-15-26-22-9-5-4-8-19(18)22/h1-3,6-7,10-13,15,26H,4-5,8-9,14H2,(H,27,29)(H,28,30). The van der Waals surface area contributed by atoms with Crippen LogP contribution in [0.4, 0.5) is 5.69 Å². The quantitative estimate of drug-likeness (QED) is 0.574. The zero-order chi connectivity index (χ0) is 20.5. The second-order valence-corrected chi connectivity index (χ2v) is 7.85. The summed E-state index contributed by atoms with van der Waals surface area (Å²) in [6, 6.07) is 15.2.